The van der Waals surface area contributed by atoms with Gasteiger partial charge in [-0.05, 0) is 50.3 Å². The highest BCUT2D eigenvalue weighted by Crippen LogP contribution is 2.29. The molecule has 0 atom stereocenters. The molecular formula is C19H25NO5S. The smallest absolute Gasteiger partial charge is 0.354 e. The summed E-state index contributed by atoms with van der Waals surface area (Å²) in [6.45, 7) is 4.03. The van der Waals surface area contributed by atoms with Crippen molar-refractivity contribution in [1.29, 1.82) is 0 Å². The van der Waals surface area contributed by atoms with Gasteiger partial charge in [0.15, 0.2) is 0 Å². The first kappa shape index (κ1) is 21.6. The third-order valence-corrected chi connectivity index (χ3v) is 4.15. The zero-order chi connectivity index (χ0) is 19.5. The van der Waals surface area contributed by atoms with Gasteiger partial charge in [0.05, 0.1) is 25.2 Å². The lowest BCUT2D eigenvalue weighted by Gasteiger charge is -2.15. The van der Waals surface area contributed by atoms with Crippen LogP contribution in [0.1, 0.15) is 13.8 Å². The Balaban J connectivity index is 3.13. The van der Waals surface area contributed by atoms with E-state index in [1.54, 1.807) is 52.1 Å². The molecule has 142 valence electrons. The predicted molar refractivity (Wildman–Crippen MR) is 102 cm³/mol. The van der Waals surface area contributed by atoms with Gasteiger partial charge in [-0.3, -0.25) is 0 Å². The average molecular weight is 379 g/mol. The van der Waals surface area contributed by atoms with Crippen LogP contribution in [0.4, 0.5) is 0 Å². The molecule has 0 aliphatic rings. The number of allylic oxidation sites excluding steroid dienone is 2. The molecule has 0 bridgehead atoms. The van der Waals surface area contributed by atoms with Crippen LogP contribution in [0.2, 0.25) is 0 Å². The van der Waals surface area contributed by atoms with Crippen LogP contribution in [0.3, 0.4) is 0 Å². The summed E-state index contributed by atoms with van der Waals surface area (Å²) >= 11 is 1.25. The number of benzene rings is 1. The number of ether oxygens (including phenoxy) is 3. The van der Waals surface area contributed by atoms with Crippen LogP contribution >= 0.6 is 11.8 Å². The van der Waals surface area contributed by atoms with Crippen molar-refractivity contribution in [2.24, 2.45) is 0 Å². The van der Waals surface area contributed by atoms with Crippen LogP contribution < -0.4 is 4.74 Å². The van der Waals surface area contributed by atoms with Gasteiger partial charge in [0.25, 0.3) is 0 Å². The van der Waals surface area contributed by atoms with Crippen molar-refractivity contribution < 1.29 is 23.8 Å². The van der Waals surface area contributed by atoms with Gasteiger partial charge < -0.3 is 19.1 Å². The highest BCUT2D eigenvalue weighted by Gasteiger charge is 2.15. The van der Waals surface area contributed by atoms with E-state index in [2.05, 4.69) is 0 Å². The Hall–Kier alpha value is -2.41. The van der Waals surface area contributed by atoms with E-state index in [9.17, 15) is 9.59 Å². The van der Waals surface area contributed by atoms with E-state index in [4.69, 9.17) is 14.2 Å². The van der Waals surface area contributed by atoms with Gasteiger partial charge in [0.2, 0.25) is 0 Å². The second-order valence-corrected chi connectivity index (χ2v) is 6.31. The molecule has 0 saturated heterocycles. The van der Waals surface area contributed by atoms with Crippen molar-refractivity contribution >= 4 is 23.7 Å². The zero-order valence-corrected chi connectivity index (χ0v) is 16.6. The fourth-order valence-electron chi connectivity index (χ4n) is 1.88. The van der Waals surface area contributed by atoms with Gasteiger partial charge in [-0.25, -0.2) is 9.59 Å². The molecule has 7 heteroatoms. The summed E-state index contributed by atoms with van der Waals surface area (Å²) in [7, 11) is 5.06. The minimum atomic E-state index is -0.452. The van der Waals surface area contributed by atoms with E-state index >= 15 is 0 Å². The van der Waals surface area contributed by atoms with Crippen LogP contribution in [0, 0.1) is 0 Å². The molecule has 0 fully saturated rings. The summed E-state index contributed by atoms with van der Waals surface area (Å²) in [6.07, 6.45) is 3.12. The molecule has 0 aliphatic carbocycles. The Labute approximate surface area is 158 Å². The summed E-state index contributed by atoms with van der Waals surface area (Å²) < 4.78 is 15.3. The number of likely N-dealkylation sites (N-methyl/N-ethyl adjacent to an activating group) is 1. The Morgan fingerprint density at radius 3 is 2.08 bits per heavy atom. The number of hydrogen-bond donors (Lipinski definition) is 0. The summed E-state index contributed by atoms with van der Waals surface area (Å²) in [5, 5.41) is 0. The maximum atomic E-state index is 12.3. The van der Waals surface area contributed by atoms with Gasteiger partial charge in [-0.15, -0.1) is 0 Å². The lowest BCUT2D eigenvalue weighted by molar-refractivity contribution is -0.140. The van der Waals surface area contributed by atoms with Crippen LogP contribution in [0.25, 0.3) is 0 Å². The number of carbonyl (C=O) groups is 2. The van der Waals surface area contributed by atoms with E-state index in [-0.39, 0.29) is 13.2 Å². The van der Waals surface area contributed by atoms with Crippen molar-refractivity contribution in [3.05, 3.63) is 47.0 Å². The molecule has 0 spiro atoms. The molecule has 0 saturated carbocycles. The molecule has 0 aromatic heterocycles. The molecule has 0 radical (unpaired) electrons. The summed E-state index contributed by atoms with van der Waals surface area (Å²) in [5.41, 5.74) is 0.337. The molecule has 0 heterocycles. The van der Waals surface area contributed by atoms with Crippen LogP contribution in [0.5, 0.6) is 5.75 Å². The minimum absolute atomic E-state index is 0.265. The molecule has 0 aliphatic heterocycles. The number of methoxy groups -OCH3 is 1. The number of esters is 2. The Bertz CT molecular complexity index is 665. The topological polar surface area (TPSA) is 65.1 Å². The maximum Gasteiger partial charge on any atom is 0.354 e. The number of hydrogen-bond acceptors (Lipinski definition) is 7. The molecule has 0 unspecified atom stereocenters. The number of rotatable bonds is 9. The van der Waals surface area contributed by atoms with Crippen molar-refractivity contribution in [2.75, 3.05) is 34.4 Å². The van der Waals surface area contributed by atoms with E-state index in [1.807, 2.05) is 24.3 Å². The highest BCUT2D eigenvalue weighted by molar-refractivity contribution is 8.04. The second kappa shape index (κ2) is 11.3. The van der Waals surface area contributed by atoms with Crippen molar-refractivity contribution in [3.63, 3.8) is 0 Å². The van der Waals surface area contributed by atoms with E-state index in [0.717, 1.165) is 10.6 Å². The minimum Gasteiger partial charge on any atom is -0.497 e. The van der Waals surface area contributed by atoms with Crippen LogP contribution in [0.15, 0.2) is 51.9 Å². The number of thioether (sulfide) groups is 1. The van der Waals surface area contributed by atoms with E-state index in [0.29, 0.717) is 10.6 Å². The molecule has 26 heavy (non-hydrogen) atoms. The Morgan fingerprint density at radius 1 is 1.00 bits per heavy atom. The van der Waals surface area contributed by atoms with E-state index < -0.39 is 11.9 Å². The zero-order valence-electron chi connectivity index (χ0n) is 15.8. The maximum absolute atomic E-state index is 12.3. The first-order valence-electron chi connectivity index (χ1n) is 8.18. The van der Waals surface area contributed by atoms with Crippen molar-refractivity contribution in [2.45, 2.75) is 18.7 Å². The standard InChI is InChI=1S/C19H25NO5S/c1-6-24-18(21)16(20(3)4)12-13-17(19(22)25-7-2)26-15-10-8-14(23-5)9-11-15/h8-13H,6-7H2,1-5H3. The van der Waals surface area contributed by atoms with Gasteiger partial charge in [-0.2, -0.15) is 0 Å². The quantitative estimate of drug-likeness (QED) is 0.282. The normalized spacial score (nSPS) is 11.7. The predicted octanol–water partition coefficient (Wildman–Crippen LogP) is 3.24. The molecular weight excluding hydrogens is 354 g/mol. The molecule has 1 aromatic rings. The molecule has 0 N–H and O–H groups in total. The number of nitrogens with zero attached hydrogens (tertiary/aromatic N) is 1. The van der Waals surface area contributed by atoms with Crippen LogP contribution in [-0.2, 0) is 19.1 Å². The van der Waals surface area contributed by atoms with Gasteiger partial charge in [-0.1, -0.05) is 11.8 Å². The SMILES string of the molecule is CCOC(=O)C(=CC=C(C(=O)OCC)N(C)C)Sc1ccc(OC)cc1. The molecule has 1 aromatic carbocycles. The molecule has 1 rings (SSSR count). The number of carbonyl (C=O) groups excluding carboxylic acids is 2. The van der Waals surface area contributed by atoms with Gasteiger partial charge >= 0.3 is 11.9 Å². The lowest BCUT2D eigenvalue weighted by Crippen LogP contribution is -2.21. The fraction of sp³-hybridized carbons (Fsp3) is 0.368. The summed E-state index contributed by atoms with van der Waals surface area (Å²) in [4.78, 5) is 27.1. The molecule has 0 amide bonds. The van der Waals surface area contributed by atoms with Gasteiger partial charge in [0.1, 0.15) is 11.4 Å². The van der Waals surface area contributed by atoms with Crippen molar-refractivity contribution in [3.8, 4) is 5.75 Å². The first-order valence-corrected chi connectivity index (χ1v) is 9.00. The summed E-state index contributed by atoms with van der Waals surface area (Å²) in [5.74, 6) is -0.175. The van der Waals surface area contributed by atoms with E-state index in [1.165, 1.54) is 11.8 Å². The van der Waals surface area contributed by atoms with Gasteiger partial charge in [0, 0.05) is 19.0 Å². The monoisotopic (exact) mass is 379 g/mol. The Kier molecular flexibility index (Phi) is 9.36. The van der Waals surface area contributed by atoms with Crippen molar-refractivity contribution in [1.82, 2.24) is 4.90 Å². The average Bonchev–Trinajstić information content (AvgIpc) is 2.61. The molecule has 6 nitrogen and oxygen atoms in total. The lowest BCUT2D eigenvalue weighted by atomic mass is 10.3. The Morgan fingerprint density at radius 2 is 1.58 bits per heavy atom. The second-order valence-electron chi connectivity index (χ2n) is 5.20. The summed E-state index contributed by atoms with van der Waals surface area (Å²) in [6, 6.07) is 7.31. The largest absolute Gasteiger partial charge is 0.497 e. The highest BCUT2D eigenvalue weighted by atomic mass is 32.2. The van der Waals surface area contributed by atoms with Crippen LogP contribution in [-0.4, -0.2) is 51.3 Å². The third-order valence-electron chi connectivity index (χ3n) is 3.12. The first-order chi connectivity index (χ1) is 12.4. The third kappa shape index (κ3) is 6.84. The fourth-order valence-corrected chi connectivity index (χ4v) is 2.68.